The van der Waals surface area contributed by atoms with E-state index in [1.807, 2.05) is 13.8 Å². The lowest BCUT2D eigenvalue weighted by atomic mass is 10.2. The number of nitrogens with zero attached hydrogens (tertiary/aromatic N) is 2. The van der Waals surface area contributed by atoms with Crippen LogP contribution in [0.4, 0.5) is 8.78 Å². The minimum Gasteiger partial charge on any atom is -0.471 e. The molecular formula is C24H27F2N3O4. The summed E-state index contributed by atoms with van der Waals surface area (Å²) in [5.41, 5.74) is 1.76. The number of nitrogens with one attached hydrogen (secondary N) is 1. The lowest BCUT2D eigenvalue weighted by molar-refractivity contribution is -0.131. The number of carbonyl (C=O) groups is 1. The molecule has 0 aliphatic rings. The molecule has 0 aliphatic carbocycles. The van der Waals surface area contributed by atoms with Crippen LogP contribution in [-0.4, -0.2) is 41.7 Å². The van der Waals surface area contributed by atoms with Crippen molar-refractivity contribution < 1.29 is 27.8 Å². The van der Waals surface area contributed by atoms with Gasteiger partial charge < -0.3 is 19.5 Å². The number of halogens is 2. The van der Waals surface area contributed by atoms with Gasteiger partial charge in [0.2, 0.25) is 5.88 Å². The van der Waals surface area contributed by atoms with Gasteiger partial charge in [0, 0.05) is 19.4 Å². The van der Waals surface area contributed by atoms with Crippen LogP contribution in [0.25, 0.3) is 0 Å². The van der Waals surface area contributed by atoms with Gasteiger partial charge in [-0.15, -0.1) is 5.10 Å². The fraction of sp³-hybridized carbons (Fsp3) is 0.333. The molecule has 1 amide bonds. The third-order valence-electron chi connectivity index (χ3n) is 4.65. The Bertz CT molecular complexity index is 1020. The molecule has 0 saturated carbocycles. The van der Waals surface area contributed by atoms with E-state index in [0.29, 0.717) is 19.8 Å². The summed E-state index contributed by atoms with van der Waals surface area (Å²) >= 11 is 0. The summed E-state index contributed by atoms with van der Waals surface area (Å²) in [6, 6.07) is 11.9. The summed E-state index contributed by atoms with van der Waals surface area (Å²) in [5.74, 6) is -0.955. The zero-order valence-corrected chi connectivity index (χ0v) is 18.6. The van der Waals surface area contributed by atoms with E-state index < -0.39 is 12.2 Å². The van der Waals surface area contributed by atoms with E-state index in [4.69, 9.17) is 14.2 Å². The Balaban J connectivity index is 1.75. The van der Waals surface area contributed by atoms with Crippen LogP contribution in [0.1, 0.15) is 35.3 Å². The van der Waals surface area contributed by atoms with Crippen molar-refractivity contribution in [3.8, 4) is 5.88 Å². The van der Waals surface area contributed by atoms with Crippen molar-refractivity contribution in [2.24, 2.45) is 0 Å². The molecule has 3 rings (SSSR count). The Morgan fingerprint density at radius 3 is 2.12 bits per heavy atom. The third kappa shape index (κ3) is 7.37. The molecule has 1 heterocycles. The Morgan fingerprint density at radius 2 is 1.55 bits per heavy atom. The molecule has 0 unspecified atom stereocenters. The van der Waals surface area contributed by atoms with Crippen LogP contribution in [0.2, 0.25) is 0 Å². The predicted molar refractivity (Wildman–Crippen MR) is 118 cm³/mol. The molecular weight excluding hydrogens is 432 g/mol. The fourth-order valence-electron chi connectivity index (χ4n) is 3.07. The zero-order chi connectivity index (χ0) is 23.6. The number of ether oxygens (including phenoxy) is 3. The standard InChI is InChI=1S/C24H27F2N3O4/c1-3-31-22(32-4-2)13-27-23(30)21-15-29(14-17-5-9-19(25)10-6-17)28-24(21)33-16-18-7-11-20(26)12-8-18/h5-12,15,22H,3-4,13-14,16H2,1-2H3,(H,27,30). The Morgan fingerprint density at radius 1 is 0.970 bits per heavy atom. The SMILES string of the molecule is CCOC(CNC(=O)c1cn(Cc2ccc(F)cc2)nc1OCc1ccc(F)cc1)OCC. The first-order chi connectivity index (χ1) is 16.0. The molecule has 0 saturated heterocycles. The molecule has 176 valence electrons. The molecule has 3 aromatic rings. The highest BCUT2D eigenvalue weighted by molar-refractivity contribution is 5.96. The van der Waals surface area contributed by atoms with Gasteiger partial charge in [0.05, 0.1) is 13.1 Å². The van der Waals surface area contributed by atoms with Gasteiger partial charge in [0.15, 0.2) is 6.29 Å². The normalized spacial score (nSPS) is 11.1. The van der Waals surface area contributed by atoms with Crippen LogP contribution < -0.4 is 10.1 Å². The van der Waals surface area contributed by atoms with Gasteiger partial charge in [-0.05, 0) is 49.2 Å². The molecule has 0 fully saturated rings. The Hall–Kier alpha value is -3.30. The number of carbonyl (C=O) groups excluding carboxylic acids is 1. The quantitative estimate of drug-likeness (QED) is 0.416. The van der Waals surface area contributed by atoms with E-state index in [1.54, 1.807) is 35.1 Å². The minimum absolute atomic E-state index is 0.106. The van der Waals surface area contributed by atoms with Gasteiger partial charge in [-0.25, -0.2) is 8.78 Å². The second-order valence-corrected chi connectivity index (χ2v) is 7.14. The highest BCUT2D eigenvalue weighted by Crippen LogP contribution is 2.19. The topological polar surface area (TPSA) is 74.6 Å². The lowest BCUT2D eigenvalue weighted by Crippen LogP contribution is -2.35. The molecule has 33 heavy (non-hydrogen) atoms. The lowest BCUT2D eigenvalue weighted by Gasteiger charge is -2.17. The molecule has 1 N–H and O–H groups in total. The third-order valence-corrected chi connectivity index (χ3v) is 4.65. The molecule has 1 aromatic heterocycles. The first-order valence-electron chi connectivity index (χ1n) is 10.7. The minimum atomic E-state index is -0.568. The van der Waals surface area contributed by atoms with E-state index in [2.05, 4.69) is 10.4 Å². The monoisotopic (exact) mass is 459 g/mol. The van der Waals surface area contributed by atoms with Gasteiger partial charge in [-0.1, -0.05) is 24.3 Å². The van der Waals surface area contributed by atoms with Crippen LogP contribution in [0, 0.1) is 11.6 Å². The molecule has 0 spiro atoms. The Kier molecular flexibility index (Phi) is 8.91. The van der Waals surface area contributed by atoms with E-state index in [1.165, 1.54) is 24.3 Å². The molecule has 2 aromatic carbocycles. The van der Waals surface area contributed by atoms with Crippen LogP contribution in [-0.2, 0) is 22.6 Å². The summed E-state index contributed by atoms with van der Waals surface area (Å²) in [5, 5.41) is 7.16. The van der Waals surface area contributed by atoms with E-state index >= 15 is 0 Å². The van der Waals surface area contributed by atoms with Crippen molar-refractivity contribution in [1.82, 2.24) is 15.1 Å². The maximum Gasteiger partial charge on any atom is 0.258 e. The molecule has 9 heteroatoms. The zero-order valence-electron chi connectivity index (χ0n) is 18.6. The van der Waals surface area contributed by atoms with Gasteiger partial charge >= 0.3 is 0 Å². The Labute approximate surface area is 191 Å². The predicted octanol–water partition coefficient (Wildman–Crippen LogP) is 3.92. The summed E-state index contributed by atoms with van der Waals surface area (Å²) < 4.78 is 44.6. The highest BCUT2D eigenvalue weighted by Gasteiger charge is 2.20. The summed E-state index contributed by atoms with van der Waals surface area (Å²) in [6.45, 7) is 5.16. The van der Waals surface area contributed by atoms with Crippen molar-refractivity contribution in [3.63, 3.8) is 0 Å². The van der Waals surface area contributed by atoms with Crippen molar-refractivity contribution in [2.75, 3.05) is 19.8 Å². The molecule has 0 atom stereocenters. The first kappa shape index (κ1) is 24.3. The van der Waals surface area contributed by atoms with Crippen LogP contribution >= 0.6 is 0 Å². The average molecular weight is 459 g/mol. The number of rotatable bonds is 12. The van der Waals surface area contributed by atoms with E-state index in [9.17, 15) is 13.6 Å². The summed E-state index contributed by atoms with van der Waals surface area (Å²) in [6.07, 6.45) is 0.997. The number of hydrogen-bond acceptors (Lipinski definition) is 5. The molecule has 0 aliphatic heterocycles. The average Bonchev–Trinajstić information content (AvgIpc) is 3.21. The number of hydrogen-bond donors (Lipinski definition) is 1. The smallest absolute Gasteiger partial charge is 0.258 e. The molecule has 7 nitrogen and oxygen atoms in total. The van der Waals surface area contributed by atoms with Crippen molar-refractivity contribution >= 4 is 5.91 Å². The first-order valence-corrected chi connectivity index (χ1v) is 10.7. The van der Waals surface area contributed by atoms with Crippen LogP contribution in [0.5, 0.6) is 5.88 Å². The van der Waals surface area contributed by atoms with Crippen LogP contribution in [0.3, 0.4) is 0 Å². The maximum atomic E-state index is 13.2. The molecule has 0 radical (unpaired) electrons. The number of benzene rings is 2. The van der Waals surface area contributed by atoms with E-state index in [-0.39, 0.29) is 36.2 Å². The van der Waals surface area contributed by atoms with Gasteiger partial charge in [-0.2, -0.15) is 0 Å². The fourth-order valence-corrected chi connectivity index (χ4v) is 3.07. The second-order valence-electron chi connectivity index (χ2n) is 7.14. The van der Waals surface area contributed by atoms with Crippen molar-refractivity contribution in [2.45, 2.75) is 33.3 Å². The molecule has 0 bridgehead atoms. The van der Waals surface area contributed by atoms with Crippen molar-refractivity contribution in [3.05, 3.63) is 83.1 Å². The highest BCUT2D eigenvalue weighted by atomic mass is 19.1. The van der Waals surface area contributed by atoms with Crippen molar-refractivity contribution in [1.29, 1.82) is 0 Å². The number of aromatic nitrogens is 2. The maximum absolute atomic E-state index is 13.2. The van der Waals surface area contributed by atoms with Gasteiger partial charge in [0.1, 0.15) is 23.8 Å². The largest absolute Gasteiger partial charge is 0.471 e. The summed E-state index contributed by atoms with van der Waals surface area (Å²) in [7, 11) is 0. The van der Waals surface area contributed by atoms with Crippen LogP contribution in [0.15, 0.2) is 54.7 Å². The van der Waals surface area contributed by atoms with Gasteiger partial charge in [-0.3, -0.25) is 9.48 Å². The van der Waals surface area contributed by atoms with Gasteiger partial charge in [0.25, 0.3) is 5.91 Å². The number of amides is 1. The second kappa shape index (κ2) is 12.1. The summed E-state index contributed by atoms with van der Waals surface area (Å²) in [4.78, 5) is 12.9. The van der Waals surface area contributed by atoms with E-state index in [0.717, 1.165) is 11.1 Å².